The van der Waals surface area contributed by atoms with Crippen LogP contribution in [0, 0.1) is 11.8 Å². The molecule has 0 radical (unpaired) electrons. The van der Waals surface area contributed by atoms with Gasteiger partial charge in [0.05, 0.1) is 42.1 Å². The van der Waals surface area contributed by atoms with Crippen molar-refractivity contribution >= 4 is 75.2 Å². The van der Waals surface area contributed by atoms with Crippen LogP contribution in [0.5, 0.6) is 23.0 Å². The molecule has 5 amide bonds. The van der Waals surface area contributed by atoms with Gasteiger partial charge in [0.2, 0.25) is 34.8 Å². The number of phenolic OH excluding ortho intramolecular Hbond substituents is 4. The monoisotopic (exact) mass is 1610 g/mol. The van der Waals surface area contributed by atoms with Crippen LogP contribution in [0.2, 0.25) is 0 Å². The van der Waals surface area contributed by atoms with E-state index in [4.69, 9.17) is 14.5 Å². The number of aromatic hydroxyl groups is 4. The molecule has 0 saturated carbocycles. The molecule has 4 aromatic heterocycles. The van der Waals surface area contributed by atoms with Crippen LogP contribution in [0.25, 0.3) is 56.0 Å². The van der Waals surface area contributed by atoms with Crippen LogP contribution >= 0.6 is 0 Å². The lowest BCUT2D eigenvalue weighted by molar-refractivity contribution is -0.465. The summed E-state index contributed by atoms with van der Waals surface area (Å²) in [5.74, 6) is -6.16. The molecule has 4 aliphatic rings. The molecule has 12 rings (SSSR count). The second kappa shape index (κ2) is 37.6. The van der Waals surface area contributed by atoms with E-state index in [1.165, 1.54) is 12.1 Å². The van der Waals surface area contributed by atoms with E-state index in [0.29, 0.717) is 131 Å². The Balaban J connectivity index is 0.729. The Hall–Kier alpha value is -11.5. The Bertz CT molecular complexity index is 4970. The number of carboxylic acid groups (broad SMARTS) is 1. The third-order valence-corrected chi connectivity index (χ3v) is 22.8. The number of nitrogens with one attached hydrogen (secondary N) is 3. The highest BCUT2D eigenvalue weighted by Gasteiger charge is 2.37. The number of amides is 5. The van der Waals surface area contributed by atoms with Crippen molar-refractivity contribution in [1.82, 2.24) is 89.4 Å². The Labute approximate surface area is 676 Å². The number of carbonyl (C=O) groups is 9. The Kier molecular flexibility index (Phi) is 27.3. The number of aliphatic carboxylic acids is 1. The van der Waals surface area contributed by atoms with Crippen LogP contribution in [0.4, 0.5) is 0 Å². The first-order chi connectivity index (χ1) is 56.1. The number of hydrogen-bond acceptors (Lipinski definition) is 25. The van der Waals surface area contributed by atoms with E-state index in [1.54, 1.807) is 92.6 Å². The standard InChI is InChI=1S/C82H106N18O17/c1-10-83-80(112)78-88-86-76(60-41-57(49(4)5)66(101)43-68(60)103)98(78)55-13-15-63-53(37-55)25-32-94(63)26-19-51-20-27-95(28-21-51)71(106)38-54(85-70(105)18-17-65(92(9)35-36-93(12-3)46-73(108)109)82(114)117-100-115-74(110)47-90(7)33-34-91(8)48-75(111)116-100)39-72(107)96-29-22-52(23-30-96)24-31-97-45-62-50(6)58-42-61(69(104)44-67(58)102)77-87-89-79(81(113)84-11-2)99(77)56-14-16-64(97)59(62)40-56/h13-16,25,32,37,40-45,49-52,54,65,101-104H,10-12,17-24,26-31,33-36,38-39,46-48H2,1-9H3,(H,83,112)(H,84,113)(H,85,105)(H,108,109)/t50?,54?,65-/m1/s1. The van der Waals surface area contributed by atoms with Crippen molar-refractivity contribution in [3.05, 3.63) is 107 Å². The molecule has 0 spiro atoms. The van der Waals surface area contributed by atoms with Crippen LogP contribution < -0.4 is 16.0 Å². The average molecular weight is 1620 g/mol. The zero-order valence-electron chi connectivity index (χ0n) is 67.7. The maximum Gasteiger partial charge on any atom is 0.349 e. The minimum Gasteiger partial charge on any atom is -0.508 e. The van der Waals surface area contributed by atoms with Gasteiger partial charge in [-0.2, -0.15) is 0 Å². The zero-order chi connectivity index (χ0) is 83.6. The molecule has 4 bridgehead atoms. The summed E-state index contributed by atoms with van der Waals surface area (Å²) in [5.41, 5.74) is 5.67. The lowest BCUT2D eigenvalue weighted by Gasteiger charge is -2.35. The molecule has 3 fully saturated rings. The van der Waals surface area contributed by atoms with Crippen molar-refractivity contribution in [3.63, 3.8) is 0 Å². The van der Waals surface area contributed by atoms with Crippen molar-refractivity contribution in [2.45, 2.75) is 143 Å². The molecule has 117 heavy (non-hydrogen) atoms. The summed E-state index contributed by atoms with van der Waals surface area (Å²) in [6, 6.07) is 17.2. The Morgan fingerprint density at radius 2 is 1.17 bits per heavy atom. The highest BCUT2D eigenvalue weighted by molar-refractivity contribution is 5.95. The molecule has 2 unspecified atom stereocenters. The van der Waals surface area contributed by atoms with Gasteiger partial charge < -0.3 is 60.4 Å². The molecule has 8 heterocycles. The van der Waals surface area contributed by atoms with Crippen molar-refractivity contribution < 1.29 is 83.2 Å². The Morgan fingerprint density at radius 3 is 1.72 bits per heavy atom. The summed E-state index contributed by atoms with van der Waals surface area (Å²) in [5, 5.41) is 81.7. The molecular weight excluding hydrogens is 1510 g/mol. The first-order valence-electron chi connectivity index (χ1n) is 40.2. The van der Waals surface area contributed by atoms with Crippen LogP contribution in [-0.2, 0) is 61.2 Å². The predicted molar refractivity (Wildman–Crippen MR) is 428 cm³/mol. The number of carbonyl (C=O) groups excluding carboxylic acids is 8. The molecule has 8 aromatic rings. The molecule has 3 saturated heterocycles. The van der Waals surface area contributed by atoms with Crippen molar-refractivity contribution in [1.29, 1.82) is 0 Å². The SMILES string of the molecule is CCNC(=O)c1nnc(-c2cc(C(C)C)c(O)cc2O)n1-c1ccc2c(ccn2CCC2CCN(C(=O)CC(CC(=O)N3CCC(CCn4cc5c6cc(ccc64)-n4c(C(=O)NCC)nnc4-c4cc(c(O)cc4O)C5C)CC3)NC(=O)CC[C@H](C(=O)ON3OC(=O)CN(C)CCN(C)CC(=O)O3)N(C)CCN(CC)CC(=O)O)CC2)c1. The molecular formula is C82H106N18O17. The number of nitrogens with zero attached hydrogens (tertiary/aromatic N) is 15. The average Bonchev–Trinajstić information content (AvgIpc) is 1.61. The number of phenols is 4. The van der Waals surface area contributed by atoms with Crippen LogP contribution in [0.1, 0.15) is 156 Å². The zero-order valence-corrected chi connectivity index (χ0v) is 67.7. The lowest BCUT2D eigenvalue weighted by Crippen LogP contribution is -2.48. The summed E-state index contributed by atoms with van der Waals surface area (Å²) in [6.07, 6.45) is 7.27. The number of rotatable bonds is 30. The number of fused-ring (bicyclic) bond motifs is 7. The minimum atomic E-state index is -1.30. The molecule has 0 aliphatic carbocycles. The Morgan fingerprint density at radius 1 is 0.632 bits per heavy atom. The number of piperidine rings is 2. The van der Waals surface area contributed by atoms with E-state index >= 15 is 0 Å². The first kappa shape index (κ1) is 84.9. The molecule has 626 valence electrons. The summed E-state index contributed by atoms with van der Waals surface area (Å²) in [4.78, 5) is 149. The highest BCUT2D eigenvalue weighted by atomic mass is 17.2. The lowest BCUT2D eigenvalue weighted by atomic mass is 9.90. The van der Waals surface area contributed by atoms with Gasteiger partial charge in [0, 0.05) is 162 Å². The van der Waals surface area contributed by atoms with Gasteiger partial charge in [-0.3, -0.25) is 72.0 Å². The predicted octanol–water partition coefficient (Wildman–Crippen LogP) is 6.27. The molecule has 3 atom stereocenters. The number of carboxylic acids is 1. The molecule has 35 heteroatoms. The van der Waals surface area contributed by atoms with Gasteiger partial charge in [-0.25, -0.2) is 14.4 Å². The third-order valence-electron chi connectivity index (χ3n) is 22.8. The number of hydrogen-bond donors (Lipinski definition) is 8. The molecule has 4 aromatic carbocycles. The van der Waals surface area contributed by atoms with Gasteiger partial charge in [-0.1, -0.05) is 27.7 Å². The van der Waals surface area contributed by atoms with E-state index in [0.717, 1.165) is 40.2 Å². The van der Waals surface area contributed by atoms with E-state index in [-0.39, 0.29) is 146 Å². The first-order valence-corrected chi connectivity index (χ1v) is 40.2. The molecule has 8 N–H and O–H groups in total. The van der Waals surface area contributed by atoms with E-state index in [9.17, 15) is 68.7 Å². The van der Waals surface area contributed by atoms with Crippen LogP contribution in [-0.4, -0.2) is 277 Å². The summed E-state index contributed by atoms with van der Waals surface area (Å²) < 4.78 is 7.55. The van der Waals surface area contributed by atoms with Crippen molar-refractivity contribution in [3.8, 4) is 57.1 Å². The summed E-state index contributed by atoms with van der Waals surface area (Å²) >= 11 is 0. The molecule has 4 aliphatic heterocycles. The number of likely N-dealkylation sites (N-methyl/N-ethyl adjacent to an activating group) is 4. The van der Waals surface area contributed by atoms with Crippen LogP contribution in [0.3, 0.4) is 0 Å². The molecule has 35 nitrogen and oxygen atoms in total. The van der Waals surface area contributed by atoms with Gasteiger partial charge in [0.25, 0.3) is 11.8 Å². The van der Waals surface area contributed by atoms with E-state index < -0.39 is 53.7 Å². The minimum absolute atomic E-state index is 0.0135. The largest absolute Gasteiger partial charge is 0.508 e. The van der Waals surface area contributed by atoms with Crippen molar-refractivity contribution in [2.24, 2.45) is 11.8 Å². The number of aryl methyl sites for hydroxylation is 2. The summed E-state index contributed by atoms with van der Waals surface area (Å²) in [7, 11) is 4.90. The maximum absolute atomic E-state index is 14.7. The smallest absolute Gasteiger partial charge is 0.349 e. The second-order valence-electron chi connectivity index (χ2n) is 31.3. The maximum atomic E-state index is 14.7. The van der Waals surface area contributed by atoms with Gasteiger partial charge >= 0.3 is 23.9 Å². The van der Waals surface area contributed by atoms with Crippen molar-refractivity contribution in [2.75, 3.05) is 113 Å². The number of benzene rings is 4. The number of likely N-dealkylation sites (tertiary alicyclic amines) is 2. The highest BCUT2D eigenvalue weighted by Crippen LogP contribution is 2.45. The van der Waals surface area contributed by atoms with Gasteiger partial charge in [-0.05, 0) is 170 Å². The second-order valence-corrected chi connectivity index (χ2v) is 31.3. The number of aromatic nitrogens is 8. The van der Waals surface area contributed by atoms with Gasteiger partial charge in [-0.15, -0.1) is 20.4 Å². The van der Waals surface area contributed by atoms with Crippen LogP contribution in [0.15, 0.2) is 79.1 Å². The quantitative estimate of drug-likeness (QED) is 0.0246. The summed E-state index contributed by atoms with van der Waals surface area (Å²) in [6.45, 7) is 15.4. The fourth-order valence-electron chi connectivity index (χ4n) is 16.1. The topological polar surface area (TPSA) is 413 Å². The third kappa shape index (κ3) is 20.0. The van der Waals surface area contributed by atoms with E-state index in [2.05, 4.69) is 51.7 Å². The van der Waals surface area contributed by atoms with E-state index in [1.807, 2.05) is 69.4 Å². The van der Waals surface area contributed by atoms with Gasteiger partial charge in [0.1, 0.15) is 29.0 Å². The normalized spacial score (nSPS) is 16.8. The van der Waals surface area contributed by atoms with Gasteiger partial charge in [0.15, 0.2) is 11.6 Å². The fraction of sp³-hybridized carbons (Fsp3) is 0.500. The fourth-order valence-corrected chi connectivity index (χ4v) is 16.1.